The van der Waals surface area contributed by atoms with Crippen molar-refractivity contribution in [3.8, 4) is 0 Å². The van der Waals surface area contributed by atoms with E-state index in [2.05, 4.69) is 0 Å². The van der Waals surface area contributed by atoms with Gasteiger partial charge in [0.1, 0.15) is 0 Å². The minimum absolute atomic E-state index is 0. The summed E-state index contributed by atoms with van der Waals surface area (Å²) in [6.07, 6.45) is 0. The summed E-state index contributed by atoms with van der Waals surface area (Å²) in [6, 6.07) is 7.11. The van der Waals surface area contributed by atoms with Gasteiger partial charge in [0.15, 0.2) is 5.25 Å². The molecule has 1 unspecified atom stereocenters. The molecule has 1 aromatic rings. The van der Waals surface area contributed by atoms with E-state index in [4.69, 9.17) is 4.55 Å². The maximum atomic E-state index is 10.7. The van der Waals surface area contributed by atoms with Gasteiger partial charge in [-0.1, -0.05) is 30.3 Å². The van der Waals surface area contributed by atoms with Crippen molar-refractivity contribution in [3.05, 3.63) is 35.9 Å². The van der Waals surface area contributed by atoms with Crippen molar-refractivity contribution < 1.29 is 74.3 Å². The third-order valence-electron chi connectivity index (χ3n) is 1.61. The Kier molecular flexibility index (Phi) is 6.19. The van der Waals surface area contributed by atoms with Crippen molar-refractivity contribution in [2.75, 3.05) is 0 Å². The summed E-state index contributed by atoms with van der Waals surface area (Å²) in [5, 5.41) is 8.47. The van der Waals surface area contributed by atoms with Crippen LogP contribution in [0.2, 0.25) is 0 Å². The molecule has 0 aliphatic rings. The fourth-order valence-corrected chi connectivity index (χ4v) is 1.80. The second-order valence-corrected chi connectivity index (χ2v) is 4.13. The van der Waals surface area contributed by atoms with Gasteiger partial charge in [0.2, 0.25) is 0 Å². The van der Waals surface area contributed by atoms with E-state index in [1.807, 2.05) is 0 Å². The number of rotatable bonds is 3. The summed E-state index contributed by atoms with van der Waals surface area (Å²) in [5.41, 5.74) is -0.0324. The molecule has 0 amide bonds. The van der Waals surface area contributed by atoms with Gasteiger partial charge in [-0.2, -0.15) is 8.42 Å². The van der Waals surface area contributed by atoms with E-state index in [0.717, 1.165) is 0 Å². The second-order valence-electron chi connectivity index (χ2n) is 2.62. The monoisotopic (exact) mass is 254 g/mol. The van der Waals surface area contributed by atoms with Gasteiger partial charge in [0.05, 0.1) is 5.97 Å². The van der Waals surface area contributed by atoms with Crippen LogP contribution in [0, 0.1) is 0 Å². The Balaban J connectivity index is 0.00000196. The quantitative estimate of drug-likeness (QED) is 0.444. The molecule has 0 aliphatic heterocycles. The van der Waals surface area contributed by atoms with Gasteiger partial charge in [0, 0.05) is 0 Å². The molecule has 7 heteroatoms. The fraction of sp³-hybridized carbons (Fsp3) is 0.125. The first-order valence-electron chi connectivity index (χ1n) is 3.65. The Morgan fingerprint density at radius 1 is 1.27 bits per heavy atom. The van der Waals surface area contributed by atoms with Crippen molar-refractivity contribution in [2.24, 2.45) is 0 Å². The molecule has 0 aliphatic carbocycles. The van der Waals surface area contributed by atoms with Gasteiger partial charge in [-0.25, -0.2) is 0 Å². The third-order valence-corrected chi connectivity index (χ3v) is 2.67. The van der Waals surface area contributed by atoms with Gasteiger partial charge in [-0.05, 0) is 5.56 Å². The summed E-state index contributed by atoms with van der Waals surface area (Å²) in [7, 11) is -4.68. The average molecular weight is 254 g/mol. The van der Waals surface area contributed by atoms with Crippen LogP contribution in [-0.4, -0.2) is 18.9 Å². The van der Waals surface area contributed by atoms with Crippen LogP contribution in [-0.2, 0) is 14.9 Å². The standard InChI is InChI=1S/C8H8O5S.K/c9-8(10)7(14(11,12)13)6-4-2-1-3-5-6;/h1-5,7H,(H,9,10)(H,11,12,13);/q;+1/p-1. The molecule has 0 fully saturated rings. The Bertz CT molecular complexity index is 428. The normalized spacial score (nSPS) is 12.6. The third kappa shape index (κ3) is 4.31. The van der Waals surface area contributed by atoms with Gasteiger partial charge < -0.3 is 9.90 Å². The molecule has 1 rings (SSSR count). The maximum absolute atomic E-state index is 10.7. The Morgan fingerprint density at radius 3 is 2.07 bits per heavy atom. The molecule has 0 bridgehead atoms. The zero-order valence-corrected chi connectivity index (χ0v) is 11.9. The first-order chi connectivity index (χ1) is 6.43. The SMILES string of the molecule is O=C([O-])C(c1ccccc1)S(=O)(=O)O.[K+]. The number of aliphatic carboxylic acids is 1. The Hall–Kier alpha value is 0.236. The molecule has 0 heterocycles. The van der Waals surface area contributed by atoms with Crippen molar-refractivity contribution in [1.29, 1.82) is 0 Å². The van der Waals surface area contributed by atoms with Crippen LogP contribution in [0.3, 0.4) is 0 Å². The molecular weight excluding hydrogens is 247 g/mol. The molecule has 1 aromatic carbocycles. The van der Waals surface area contributed by atoms with Crippen LogP contribution in [0.15, 0.2) is 30.3 Å². The van der Waals surface area contributed by atoms with E-state index in [0.29, 0.717) is 0 Å². The number of carbonyl (C=O) groups is 1. The minimum atomic E-state index is -4.68. The first-order valence-corrected chi connectivity index (χ1v) is 5.15. The molecule has 0 spiro atoms. The first kappa shape index (κ1) is 15.2. The van der Waals surface area contributed by atoms with Gasteiger partial charge in [-0.3, -0.25) is 4.55 Å². The summed E-state index contributed by atoms with van der Waals surface area (Å²) in [6.45, 7) is 0. The topological polar surface area (TPSA) is 94.5 Å². The average Bonchev–Trinajstić information content (AvgIpc) is 2.02. The number of hydrogen-bond acceptors (Lipinski definition) is 4. The molecule has 0 radical (unpaired) electrons. The van der Waals surface area contributed by atoms with E-state index in [1.165, 1.54) is 24.3 Å². The van der Waals surface area contributed by atoms with E-state index >= 15 is 0 Å². The zero-order chi connectivity index (χ0) is 10.8. The second kappa shape index (κ2) is 6.09. The smallest absolute Gasteiger partial charge is 0.548 e. The molecule has 15 heavy (non-hydrogen) atoms. The van der Waals surface area contributed by atoms with Crippen LogP contribution < -0.4 is 56.5 Å². The fourth-order valence-electron chi connectivity index (χ4n) is 1.06. The number of carboxylic acid groups (broad SMARTS) is 1. The van der Waals surface area contributed by atoms with Crippen molar-refractivity contribution in [1.82, 2.24) is 0 Å². The number of benzene rings is 1. The molecule has 0 saturated heterocycles. The predicted molar refractivity (Wildman–Crippen MR) is 45.7 cm³/mol. The van der Waals surface area contributed by atoms with E-state index in [-0.39, 0.29) is 56.9 Å². The summed E-state index contributed by atoms with van der Waals surface area (Å²) < 4.78 is 30.1. The molecule has 76 valence electrons. The largest absolute Gasteiger partial charge is 1.00 e. The zero-order valence-electron chi connectivity index (χ0n) is 7.95. The number of hydrogen-bond donors (Lipinski definition) is 1. The molecule has 0 saturated carbocycles. The molecule has 1 N–H and O–H groups in total. The van der Waals surface area contributed by atoms with Crippen molar-refractivity contribution >= 4 is 16.1 Å². The minimum Gasteiger partial charge on any atom is -0.548 e. The van der Waals surface area contributed by atoms with Crippen LogP contribution >= 0.6 is 0 Å². The summed E-state index contributed by atoms with van der Waals surface area (Å²) in [5.74, 6) is -1.85. The number of carboxylic acids is 1. The van der Waals surface area contributed by atoms with Gasteiger partial charge in [-0.15, -0.1) is 0 Å². The van der Waals surface area contributed by atoms with Crippen LogP contribution in [0.4, 0.5) is 0 Å². The van der Waals surface area contributed by atoms with Crippen LogP contribution in [0.1, 0.15) is 10.8 Å². The van der Waals surface area contributed by atoms with Crippen molar-refractivity contribution in [3.63, 3.8) is 0 Å². The summed E-state index contributed by atoms with van der Waals surface area (Å²) >= 11 is 0. The predicted octanol–water partition coefficient (Wildman–Crippen LogP) is -3.63. The molecule has 1 atom stereocenters. The van der Waals surface area contributed by atoms with E-state index < -0.39 is 21.3 Å². The van der Waals surface area contributed by atoms with Crippen LogP contribution in [0.25, 0.3) is 0 Å². The Labute approximate surface area is 130 Å². The van der Waals surface area contributed by atoms with Gasteiger partial charge >= 0.3 is 51.4 Å². The Morgan fingerprint density at radius 2 is 1.73 bits per heavy atom. The maximum Gasteiger partial charge on any atom is 1.00 e. The summed E-state index contributed by atoms with van der Waals surface area (Å²) in [4.78, 5) is 10.5. The van der Waals surface area contributed by atoms with E-state index in [9.17, 15) is 18.3 Å². The van der Waals surface area contributed by atoms with Gasteiger partial charge in [0.25, 0.3) is 10.1 Å². The molecule has 5 nitrogen and oxygen atoms in total. The van der Waals surface area contributed by atoms with Crippen LogP contribution in [0.5, 0.6) is 0 Å². The van der Waals surface area contributed by atoms with Crippen molar-refractivity contribution in [2.45, 2.75) is 5.25 Å². The molecular formula is C8H7KO5S. The number of carbonyl (C=O) groups excluding carboxylic acids is 1. The van der Waals surface area contributed by atoms with E-state index in [1.54, 1.807) is 6.07 Å². The molecule has 0 aromatic heterocycles.